The fourth-order valence-electron chi connectivity index (χ4n) is 2.50. The Labute approximate surface area is 159 Å². The Morgan fingerprint density at radius 2 is 1.56 bits per heavy atom. The summed E-state index contributed by atoms with van der Waals surface area (Å²) in [6, 6.07) is 3.51. The second kappa shape index (κ2) is 13.9. The second-order valence-electron chi connectivity index (χ2n) is 6.13. The molecule has 0 aliphatic carbocycles. The van der Waals surface area contributed by atoms with E-state index in [1.165, 1.54) is 44.2 Å². The molecule has 0 unspecified atom stereocenters. The van der Waals surface area contributed by atoms with Gasteiger partial charge < -0.3 is 14.8 Å². The van der Waals surface area contributed by atoms with Gasteiger partial charge in [0.15, 0.2) is 0 Å². The van der Waals surface area contributed by atoms with Gasteiger partial charge in [0.2, 0.25) is 0 Å². The number of non-ortho nitro benzene ring substituents is 1. The summed E-state index contributed by atoms with van der Waals surface area (Å²) in [5.74, 6) is 0. The molecule has 0 bridgehead atoms. The molecule has 0 radical (unpaired) electrons. The minimum absolute atomic E-state index is 0.230. The van der Waals surface area contributed by atoms with Crippen molar-refractivity contribution in [3.63, 3.8) is 0 Å². The van der Waals surface area contributed by atoms with Gasteiger partial charge in [0.05, 0.1) is 35.7 Å². The van der Waals surface area contributed by atoms with Crippen molar-refractivity contribution in [2.75, 3.05) is 38.3 Å². The van der Waals surface area contributed by atoms with Crippen molar-refractivity contribution >= 4 is 17.1 Å². The normalized spacial score (nSPS) is 10.7. The predicted molar refractivity (Wildman–Crippen MR) is 103 cm³/mol. The summed E-state index contributed by atoms with van der Waals surface area (Å²) in [5.41, 5.74) is -0.411. The predicted octanol–water partition coefficient (Wildman–Crippen LogP) is 4.31. The van der Waals surface area contributed by atoms with Gasteiger partial charge in [0.25, 0.3) is 11.4 Å². The molecule has 0 saturated carbocycles. The second-order valence-corrected chi connectivity index (χ2v) is 6.13. The van der Waals surface area contributed by atoms with Gasteiger partial charge in [0, 0.05) is 19.2 Å². The van der Waals surface area contributed by atoms with E-state index in [9.17, 15) is 20.2 Å². The molecule has 0 amide bonds. The van der Waals surface area contributed by atoms with Crippen LogP contribution in [0, 0.1) is 20.2 Å². The highest BCUT2D eigenvalue weighted by Crippen LogP contribution is 2.28. The van der Waals surface area contributed by atoms with Gasteiger partial charge in [-0.05, 0) is 12.5 Å². The van der Waals surface area contributed by atoms with Gasteiger partial charge in [-0.1, -0.05) is 39.0 Å². The third-order valence-electron chi connectivity index (χ3n) is 3.96. The lowest BCUT2D eigenvalue weighted by Crippen LogP contribution is -2.13. The number of benzene rings is 1. The zero-order valence-electron chi connectivity index (χ0n) is 15.9. The molecule has 1 N–H and O–H groups in total. The number of nitro benzene ring substituents is 2. The maximum Gasteiger partial charge on any atom is 0.299 e. The first-order valence-corrected chi connectivity index (χ1v) is 9.38. The Hall–Kier alpha value is -2.26. The number of ether oxygens (including phenoxy) is 2. The van der Waals surface area contributed by atoms with Gasteiger partial charge in [-0.2, -0.15) is 0 Å². The molecule has 0 aliphatic rings. The summed E-state index contributed by atoms with van der Waals surface area (Å²) in [6.45, 7) is 4.63. The average molecular weight is 383 g/mol. The highest BCUT2D eigenvalue weighted by Gasteiger charge is 2.18. The minimum Gasteiger partial charge on any atom is -0.379 e. The monoisotopic (exact) mass is 383 g/mol. The molecule has 27 heavy (non-hydrogen) atoms. The number of hydrogen-bond acceptors (Lipinski definition) is 7. The van der Waals surface area contributed by atoms with E-state index in [-0.39, 0.29) is 17.1 Å². The van der Waals surface area contributed by atoms with Crippen LogP contribution in [0.1, 0.15) is 45.4 Å². The van der Waals surface area contributed by atoms with Gasteiger partial charge in [-0.25, -0.2) is 0 Å². The molecule has 1 aromatic carbocycles. The van der Waals surface area contributed by atoms with E-state index < -0.39 is 9.85 Å². The van der Waals surface area contributed by atoms with Crippen molar-refractivity contribution in [1.29, 1.82) is 0 Å². The Morgan fingerprint density at radius 3 is 2.22 bits per heavy atom. The van der Waals surface area contributed by atoms with Crippen LogP contribution in [0.5, 0.6) is 0 Å². The zero-order valence-corrected chi connectivity index (χ0v) is 15.9. The molecule has 152 valence electrons. The van der Waals surface area contributed by atoms with Crippen molar-refractivity contribution < 1.29 is 19.3 Å². The first kappa shape index (κ1) is 22.8. The van der Waals surface area contributed by atoms with E-state index in [1.54, 1.807) is 0 Å². The standard InChI is InChI=1S/C18H29N3O6/c1-2-3-4-5-6-7-11-26-13-14-27-12-10-19-17-9-8-16(20(22)23)15-18(17)21(24)25/h8-9,15,19H,2-7,10-14H2,1H3. The molecule has 0 heterocycles. The highest BCUT2D eigenvalue weighted by atomic mass is 16.6. The molecular formula is C18H29N3O6. The smallest absolute Gasteiger partial charge is 0.299 e. The van der Waals surface area contributed by atoms with Crippen LogP contribution in [0.4, 0.5) is 17.1 Å². The van der Waals surface area contributed by atoms with Crippen molar-refractivity contribution in [3.8, 4) is 0 Å². The zero-order chi connectivity index (χ0) is 19.9. The number of nitrogens with zero attached hydrogens (tertiary/aromatic N) is 2. The van der Waals surface area contributed by atoms with E-state index in [4.69, 9.17) is 9.47 Å². The summed E-state index contributed by atoms with van der Waals surface area (Å²) in [7, 11) is 0. The number of unbranched alkanes of at least 4 members (excludes halogenated alkanes) is 5. The van der Waals surface area contributed by atoms with E-state index in [0.29, 0.717) is 26.4 Å². The quantitative estimate of drug-likeness (QED) is 0.257. The summed E-state index contributed by atoms with van der Waals surface area (Å²) in [6.07, 6.45) is 7.35. The van der Waals surface area contributed by atoms with E-state index in [1.807, 2.05) is 0 Å². The Morgan fingerprint density at radius 1 is 0.889 bits per heavy atom. The molecule has 0 saturated heterocycles. The molecule has 0 fully saturated rings. The SMILES string of the molecule is CCCCCCCCOCCOCCNc1ccc([N+](=O)[O-])cc1[N+](=O)[O-]. The summed E-state index contributed by atoms with van der Waals surface area (Å²) < 4.78 is 10.9. The average Bonchev–Trinajstić information content (AvgIpc) is 2.65. The van der Waals surface area contributed by atoms with E-state index in [0.717, 1.165) is 19.1 Å². The molecular weight excluding hydrogens is 354 g/mol. The fourth-order valence-corrected chi connectivity index (χ4v) is 2.50. The van der Waals surface area contributed by atoms with Crippen LogP contribution in [-0.2, 0) is 9.47 Å². The summed E-state index contributed by atoms with van der Waals surface area (Å²) in [4.78, 5) is 20.4. The van der Waals surface area contributed by atoms with Crippen LogP contribution in [0.15, 0.2) is 18.2 Å². The van der Waals surface area contributed by atoms with Crippen molar-refractivity contribution in [2.45, 2.75) is 45.4 Å². The third-order valence-corrected chi connectivity index (χ3v) is 3.96. The lowest BCUT2D eigenvalue weighted by Gasteiger charge is -2.08. The van der Waals surface area contributed by atoms with Crippen LogP contribution in [0.25, 0.3) is 0 Å². The van der Waals surface area contributed by atoms with Gasteiger partial charge in [0.1, 0.15) is 5.69 Å². The molecule has 0 aromatic heterocycles. The maximum atomic E-state index is 11.0. The number of nitrogens with one attached hydrogen (secondary N) is 1. The van der Waals surface area contributed by atoms with Crippen LogP contribution in [0.2, 0.25) is 0 Å². The number of rotatable bonds is 16. The van der Waals surface area contributed by atoms with E-state index >= 15 is 0 Å². The first-order chi connectivity index (χ1) is 13.1. The number of anilines is 1. The number of hydrogen-bond donors (Lipinski definition) is 1. The molecule has 0 atom stereocenters. The van der Waals surface area contributed by atoms with E-state index in [2.05, 4.69) is 12.2 Å². The summed E-state index contributed by atoms with van der Waals surface area (Å²) >= 11 is 0. The lowest BCUT2D eigenvalue weighted by molar-refractivity contribution is -0.393. The Kier molecular flexibility index (Phi) is 11.7. The highest BCUT2D eigenvalue weighted by molar-refractivity contribution is 5.65. The number of nitro groups is 2. The van der Waals surface area contributed by atoms with Crippen LogP contribution < -0.4 is 5.32 Å². The third kappa shape index (κ3) is 9.86. The first-order valence-electron chi connectivity index (χ1n) is 9.38. The van der Waals surface area contributed by atoms with Crippen molar-refractivity contribution in [3.05, 3.63) is 38.4 Å². The summed E-state index contributed by atoms with van der Waals surface area (Å²) in [5, 5.41) is 24.6. The molecule has 1 aromatic rings. The van der Waals surface area contributed by atoms with Gasteiger partial charge in [-0.15, -0.1) is 0 Å². The maximum absolute atomic E-state index is 11.0. The molecule has 9 heteroatoms. The molecule has 9 nitrogen and oxygen atoms in total. The van der Waals surface area contributed by atoms with Crippen LogP contribution in [-0.4, -0.2) is 42.8 Å². The Balaban J connectivity index is 2.11. The lowest BCUT2D eigenvalue weighted by atomic mass is 10.1. The van der Waals surface area contributed by atoms with Crippen LogP contribution in [0.3, 0.4) is 0 Å². The van der Waals surface area contributed by atoms with Crippen molar-refractivity contribution in [2.24, 2.45) is 0 Å². The van der Waals surface area contributed by atoms with Gasteiger partial charge in [-0.3, -0.25) is 20.2 Å². The van der Waals surface area contributed by atoms with Crippen LogP contribution >= 0.6 is 0 Å². The van der Waals surface area contributed by atoms with Gasteiger partial charge >= 0.3 is 0 Å². The minimum atomic E-state index is -0.662. The topological polar surface area (TPSA) is 117 Å². The Bertz CT molecular complexity index is 582. The molecule has 0 spiro atoms. The largest absolute Gasteiger partial charge is 0.379 e. The van der Waals surface area contributed by atoms with Crippen molar-refractivity contribution in [1.82, 2.24) is 0 Å². The fraction of sp³-hybridized carbons (Fsp3) is 0.667. The molecule has 0 aliphatic heterocycles. The molecule has 1 rings (SSSR count).